The van der Waals surface area contributed by atoms with Gasteiger partial charge in [0, 0.05) is 24.8 Å². The summed E-state index contributed by atoms with van der Waals surface area (Å²) in [5.74, 6) is 6.93. The lowest BCUT2D eigenvalue weighted by Crippen LogP contribution is -2.17. The number of aryl methyl sites for hydroxylation is 1. The summed E-state index contributed by atoms with van der Waals surface area (Å²) in [5.41, 5.74) is 4.67. The molecule has 0 aromatic carbocycles. The molecule has 0 radical (unpaired) electrons. The van der Waals surface area contributed by atoms with E-state index in [0.717, 1.165) is 23.5 Å². The molecule has 90 valence electrons. The molecule has 1 aromatic rings. The van der Waals surface area contributed by atoms with Crippen LogP contribution in [0.4, 0.5) is 5.82 Å². The van der Waals surface area contributed by atoms with Gasteiger partial charge in [-0.05, 0) is 20.3 Å². The van der Waals surface area contributed by atoms with Gasteiger partial charge in [-0.1, -0.05) is 6.92 Å². The highest BCUT2D eigenvalue weighted by molar-refractivity contribution is 5.45. The summed E-state index contributed by atoms with van der Waals surface area (Å²) in [4.78, 5) is 8.84. The van der Waals surface area contributed by atoms with Crippen molar-refractivity contribution in [2.75, 3.05) is 12.5 Å². The zero-order valence-corrected chi connectivity index (χ0v) is 10.4. The van der Waals surface area contributed by atoms with Crippen LogP contribution in [-0.2, 0) is 17.6 Å². The van der Waals surface area contributed by atoms with Crippen molar-refractivity contribution in [3.05, 3.63) is 17.1 Å². The Balaban J connectivity index is 3.00. The third kappa shape index (κ3) is 2.90. The number of anilines is 1. The number of rotatable bonds is 5. The van der Waals surface area contributed by atoms with Gasteiger partial charge in [0.15, 0.2) is 0 Å². The summed E-state index contributed by atoms with van der Waals surface area (Å²) in [6.07, 6.45) is 1.67. The van der Waals surface area contributed by atoms with Crippen molar-refractivity contribution in [2.45, 2.75) is 39.7 Å². The molecule has 1 heterocycles. The van der Waals surface area contributed by atoms with Gasteiger partial charge in [-0.25, -0.2) is 15.8 Å². The second-order valence-electron chi connectivity index (χ2n) is 3.80. The molecule has 3 N–H and O–H groups in total. The second-order valence-corrected chi connectivity index (χ2v) is 3.80. The zero-order chi connectivity index (χ0) is 12.1. The van der Waals surface area contributed by atoms with Gasteiger partial charge >= 0.3 is 0 Å². The number of hydrogen-bond acceptors (Lipinski definition) is 5. The Morgan fingerprint density at radius 1 is 1.44 bits per heavy atom. The minimum Gasteiger partial charge on any atom is -0.381 e. The first-order valence-corrected chi connectivity index (χ1v) is 5.48. The standard InChI is InChI=1S/C11H20N4O/c1-5-9-8(3)13-10(6-7(2)16-4)14-11(9)15-12/h7H,5-6,12H2,1-4H3,(H,13,14,15). The van der Waals surface area contributed by atoms with Crippen molar-refractivity contribution >= 4 is 5.82 Å². The van der Waals surface area contributed by atoms with Gasteiger partial charge in [0.05, 0.1) is 6.10 Å². The molecule has 0 saturated carbocycles. The first kappa shape index (κ1) is 12.9. The molecule has 5 nitrogen and oxygen atoms in total. The summed E-state index contributed by atoms with van der Waals surface area (Å²) >= 11 is 0. The van der Waals surface area contributed by atoms with Gasteiger partial charge in [-0.15, -0.1) is 0 Å². The van der Waals surface area contributed by atoms with Gasteiger partial charge in [-0.3, -0.25) is 0 Å². The number of nitrogens with zero attached hydrogens (tertiary/aromatic N) is 2. The fraction of sp³-hybridized carbons (Fsp3) is 0.636. The first-order chi connectivity index (χ1) is 7.62. The summed E-state index contributed by atoms with van der Waals surface area (Å²) < 4.78 is 5.19. The number of aromatic nitrogens is 2. The van der Waals surface area contributed by atoms with Crippen molar-refractivity contribution in [1.82, 2.24) is 9.97 Å². The molecule has 5 heteroatoms. The van der Waals surface area contributed by atoms with Crippen LogP contribution in [-0.4, -0.2) is 23.2 Å². The van der Waals surface area contributed by atoms with Crippen molar-refractivity contribution in [3.8, 4) is 0 Å². The smallest absolute Gasteiger partial charge is 0.147 e. The Morgan fingerprint density at radius 2 is 2.12 bits per heavy atom. The average molecular weight is 224 g/mol. The van der Waals surface area contributed by atoms with Crippen molar-refractivity contribution in [1.29, 1.82) is 0 Å². The molecule has 1 rings (SSSR count). The molecule has 1 aromatic heterocycles. The maximum Gasteiger partial charge on any atom is 0.147 e. The lowest BCUT2D eigenvalue weighted by Gasteiger charge is -2.13. The molecule has 0 bridgehead atoms. The van der Waals surface area contributed by atoms with Crippen LogP contribution in [0.25, 0.3) is 0 Å². The Labute approximate surface area is 96.4 Å². The van der Waals surface area contributed by atoms with E-state index in [1.54, 1.807) is 7.11 Å². The number of methoxy groups -OCH3 is 1. The van der Waals surface area contributed by atoms with E-state index in [1.165, 1.54) is 0 Å². The van der Waals surface area contributed by atoms with Crippen molar-refractivity contribution in [3.63, 3.8) is 0 Å². The average Bonchev–Trinajstić information content (AvgIpc) is 2.28. The molecule has 0 amide bonds. The van der Waals surface area contributed by atoms with Gasteiger partial charge in [-0.2, -0.15) is 0 Å². The normalized spacial score (nSPS) is 12.6. The van der Waals surface area contributed by atoms with E-state index in [-0.39, 0.29) is 6.10 Å². The monoisotopic (exact) mass is 224 g/mol. The van der Waals surface area contributed by atoms with E-state index < -0.39 is 0 Å². The molecule has 1 atom stereocenters. The molecular weight excluding hydrogens is 204 g/mol. The van der Waals surface area contributed by atoms with Gasteiger partial charge in [0.2, 0.25) is 0 Å². The lowest BCUT2D eigenvalue weighted by atomic mass is 10.1. The number of nitrogens with two attached hydrogens (primary N) is 1. The van der Waals surface area contributed by atoms with Crippen LogP contribution in [0.2, 0.25) is 0 Å². The van der Waals surface area contributed by atoms with Crippen LogP contribution in [0.3, 0.4) is 0 Å². The van der Waals surface area contributed by atoms with E-state index in [2.05, 4.69) is 22.3 Å². The van der Waals surface area contributed by atoms with Crippen LogP contribution in [0.1, 0.15) is 30.9 Å². The second kappa shape index (κ2) is 5.77. The highest BCUT2D eigenvalue weighted by Gasteiger charge is 2.11. The molecule has 0 aliphatic carbocycles. The SMILES string of the molecule is CCc1c(C)nc(CC(C)OC)nc1NN. The third-order valence-electron chi connectivity index (χ3n) is 2.62. The number of hydrogen-bond donors (Lipinski definition) is 2. The number of hydrazine groups is 1. The number of nitrogens with one attached hydrogen (secondary N) is 1. The quantitative estimate of drug-likeness (QED) is 0.581. The highest BCUT2D eigenvalue weighted by Crippen LogP contribution is 2.16. The van der Waals surface area contributed by atoms with E-state index in [4.69, 9.17) is 10.6 Å². The van der Waals surface area contributed by atoms with Crippen LogP contribution < -0.4 is 11.3 Å². The summed E-state index contributed by atoms with van der Waals surface area (Å²) in [6, 6.07) is 0. The highest BCUT2D eigenvalue weighted by atomic mass is 16.5. The van der Waals surface area contributed by atoms with Crippen LogP contribution in [0.5, 0.6) is 0 Å². The topological polar surface area (TPSA) is 73.1 Å². The van der Waals surface area contributed by atoms with Crippen LogP contribution in [0.15, 0.2) is 0 Å². The van der Waals surface area contributed by atoms with Crippen molar-refractivity contribution in [2.24, 2.45) is 5.84 Å². The van der Waals surface area contributed by atoms with Crippen LogP contribution >= 0.6 is 0 Å². The molecule has 1 unspecified atom stereocenters. The summed E-state index contributed by atoms with van der Waals surface area (Å²) in [5, 5.41) is 0. The zero-order valence-electron chi connectivity index (χ0n) is 10.4. The van der Waals surface area contributed by atoms with E-state index in [1.807, 2.05) is 13.8 Å². The molecule has 0 aliphatic rings. The Morgan fingerprint density at radius 3 is 2.62 bits per heavy atom. The molecule has 0 spiro atoms. The largest absolute Gasteiger partial charge is 0.381 e. The lowest BCUT2D eigenvalue weighted by molar-refractivity contribution is 0.117. The maximum atomic E-state index is 5.46. The number of nitrogen functional groups attached to an aromatic ring is 1. The van der Waals surface area contributed by atoms with E-state index in [9.17, 15) is 0 Å². The number of ether oxygens (including phenoxy) is 1. The fourth-order valence-corrected chi connectivity index (χ4v) is 1.63. The fourth-order valence-electron chi connectivity index (χ4n) is 1.63. The third-order valence-corrected chi connectivity index (χ3v) is 2.62. The summed E-state index contributed by atoms with van der Waals surface area (Å²) in [7, 11) is 1.68. The van der Waals surface area contributed by atoms with Crippen molar-refractivity contribution < 1.29 is 4.74 Å². The molecule has 0 aliphatic heterocycles. The van der Waals surface area contributed by atoms with Gasteiger partial charge < -0.3 is 10.2 Å². The van der Waals surface area contributed by atoms with E-state index in [0.29, 0.717) is 12.2 Å². The maximum absolute atomic E-state index is 5.46. The molecule has 0 fully saturated rings. The molecular formula is C11H20N4O. The molecule has 0 saturated heterocycles. The van der Waals surface area contributed by atoms with Gasteiger partial charge in [0.1, 0.15) is 11.6 Å². The summed E-state index contributed by atoms with van der Waals surface area (Å²) in [6.45, 7) is 6.02. The predicted molar refractivity (Wildman–Crippen MR) is 64.1 cm³/mol. The Hall–Kier alpha value is -1.20. The first-order valence-electron chi connectivity index (χ1n) is 5.48. The van der Waals surface area contributed by atoms with Crippen LogP contribution in [0, 0.1) is 6.92 Å². The minimum atomic E-state index is 0.109. The molecule has 16 heavy (non-hydrogen) atoms. The van der Waals surface area contributed by atoms with E-state index >= 15 is 0 Å². The van der Waals surface area contributed by atoms with Gasteiger partial charge in [0.25, 0.3) is 0 Å². The predicted octanol–water partition coefficient (Wildman–Crippen LogP) is 1.21. The Bertz CT molecular complexity index is 354. The Kier molecular flexibility index (Phi) is 4.64. The minimum absolute atomic E-state index is 0.109.